The van der Waals surface area contributed by atoms with Crippen LogP contribution in [0.1, 0.15) is 197 Å². The zero-order chi connectivity index (χ0) is 85.4. The van der Waals surface area contributed by atoms with Crippen molar-refractivity contribution in [3.63, 3.8) is 0 Å². The molecule has 0 saturated heterocycles. The fourth-order valence-electron chi connectivity index (χ4n) is 32.7. The Hall–Kier alpha value is -13.4. The van der Waals surface area contributed by atoms with Gasteiger partial charge in [-0.15, -0.1) is 0 Å². The highest BCUT2D eigenvalue weighted by Gasteiger charge is 2.82. The molecule has 2 nitrogen and oxygen atoms in total. The first kappa shape index (κ1) is 73.5. The van der Waals surface area contributed by atoms with Gasteiger partial charge in [-0.05, 0) is 326 Å². The van der Waals surface area contributed by atoms with Crippen LogP contribution in [0.15, 0.2) is 376 Å². The predicted octanol–water partition coefficient (Wildman–Crippen LogP) is 31.8. The van der Waals surface area contributed by atoms with E-state index in [1.165, 1.54) is 229 Å². The lowest BCUT2D eigenvalue weighted by Gasteiger charge is -2.78. The topological polar surface area (TPSA) is 6.48 Å². The number of hydrogen-bond donors (Lipinski definition) is 0. The van der Waals surface area contributed by atoms with Crippen LogP contribution in [0.25, 0.3) is 77.9 Å². The Bertz CT molecular complexity index is 7660. The van der Waals surface area contributed by atoms with E-state index in [-0.39, 0.29) is 16.2 Å². The molecule has 0 heterocycles. The standard InChI is InChI=1S/C128H100N2/c1-122(2)103-41-14-18-45-107(103)127(108-46-19-15-42-104(108)122)101-39-12-8-32-93(101)97-35-24-51-116(120(97)127)129(115-50-26-37-99-112-72-86-70-85-71-111(125(85,86)112)92-31-5-6-34-96(92)119(99)115)88-63-61-79(62-64-88)78-55-53-76(54-56-78)77-57-59-80(60-58-77)81-27-23-28-82(67-81)90-29-10-22-49-114(90)130(89-65-66-95-91-30-7-11-38-100(91)126(113(95)74-89)87-69-83-68-84-73-118(126)124(83,84)75-87)117-52-25-36-98-94-33-9-13-40-102(94)128(121(98)117)109-47-20-16-43-105(109)123(3,4)106-44-17-21-48-110(106)128/h5-57,59,61-67,74,83-87,111-112,118H,58,60,68-73,75H2,1-4H3. The third kappa shape index (κ3) is 8.73. The first-order chi connectivity index (χ1) is 63.9. The van der Waals surface area contributed by atoms with E-state index in [9.17, 15) is 0 Å². The van der Waals surface area contributed by atoms with Crippen molar-refractivity contribution >= 4 is 45.3 Å². The summed E-state index contributed by atoms with van der Waals surface area (Å²) in [7, 11) is 0. The van der Waals surface area contributed by atoms with E-state index in [0.29, 0.717) is 34.5 Å². The Morgan fingerprint density at radius 1 is 0.254 bits per heavy atom. The highest BCUT2D eigenvalue weighted by Crippen LogP contribution is 2.89. The maximum atomic E-state index is 2.75. The molecule has 130 heavy (non-hydrogen) atoms. The van der Waals surface area contributed by atoms with Gasteiger partial charge in [0.2, 0.25) is 0 Å². The smallest absolute Gasteiger partial charge is 0.0740 e. The van der Waals surface area contributed by atoms with Crippen molar-refractivity contribution < 1.29 is 0 Å². The van der Waals surface area contributed by atoms with E-state index in [1.54, 1.807) is 22.3 Å². The lowest BCUT2D eigenvalue weighted by molar-refractivity contribution is -0.252. The van der Waals surface area contributed by atoms with Crippen LogP contribution in [0.3, 0.4) is 0 Å². The van der Waals surface area contributed by atoms with Crippen LogP contribution in [0.4, 0.5) is 34.1 Å². The summed E-state index contributed by atoms with van der Waals surface area (Å²) >= 11 is 0. The fraction of sp³-hybridized carbons (Fsp3) is 0.219. The molecule has 622 valence electrons. The second-order valence-electron chi connectivity index (χ2n) is 42.5. The van der Waals surface area contributed by atoms with Gasteiger partial charge in [-0.25, -0.2) is 0 Å². The Labute approximate surface area is 763 Å². The van der Waals surface area contributed by atoms with Crippen molar-refractivity contribution in [2.24, 2.45) is 46.3 Å². The van der Waals surface area contributed by atoms with Crippen molar-refractivity contribution in [2.75, 3.05) is 9.80 Å². The van der Waals surface area contributed by atoms with Gasteiger partial charge in [0.25, 0.3) is 0 Å². The zero-order valence-electron chi connectivity index (χ0n) is 74.2. The normalized spacial score (nSPS) is 25.5. The van der Waals surface area contributed by atoms with Gasteiger partial charge in [0, 0.05) is 49.9 Å². The van der Waals surface area contributed by atoms with Crippen LogP contribution in [-0.4, -0.2) is 0 Å². The first-order valence-electron chi connectivity index (χ1n) is 48.7. The molecule has 7 saturated carbocycles. The summed E-state index contributed by atoms with van der Waals surface area (Å²) in [6, 6.07) is 144. The number of benzene rings is 16. The molecule has 0 amide bonds. The quantitative estimate of drug-likeness (QED) is 0.135. The Balaban J connectivity index is 0.524. The highest BCUT2D eigenvalue weighted by molar-refractivity contribution is 6.03. The summed E-state index contributed by atoms with van der Waals surface area (Å²) in [5.74, 6) is 5.96. The molecule has 14 aliphatic rings. The Kier molecular flexibility index (Phi) is 14.5. The minimum Gasteiger partial charge on any atom is -0.310 e. The molecule has 0 aromatic heterocycles. The molecule has 0 N–H and O–H groups in total. The minimum atomic E-state index is -0.619. The highest BCUT2D eigenvalue weighted by atomic mass is 15.2. The number of nitrogens with zero attached hydrogens (tertiary/aromatic N) is 2. The minimum absolute atomic E-state index is 0.0135. The van der Waals surface area contributed by atoms with Crippen LogP contribution >= 0.6 is 0 Å². The van der Waals surface area contributed by atoms with Crippen LogP contribution < -0.4 is 9.80 Å². The SMILES string of the molecule is CC1(C)c2ccccc2C2(c3ccccc3-c3cccc(N(c4ccc5c(c4)C4(c6ccccc6-5)C5CC6CC7CC4C67C5)c4ccccc4-c4cccc(C5=CC=C(c6ccc(-c7ccc(N(c8cccc9c8-c8ccccc8C8CC%10CC%11CC9C%10%118)c8cccc9c8C8(c%10ccccc%10-9)c9ccccc9C(C)(C)c9ccccc98)cc7)cc6)CC5)c4)c32)c2ccccc21. The Morgan fingerprint density at radius 3 is 1.22 bits per heavy atom. The number of fused-ring (bicyclic) bond motifs is 31. The van der Waals surface area contributed by atoms with E-state index in [2.05, 4.69) is 414 Å². The van der Waals surface area contributed by atoms with Gasteiger partial charge < -0.3 is 9.80 Å². The number of para-hydroxylation sites is 1. The first-order valence-corrected chi connectivity index (χ1v) is 48.7. The van der Waals surface area contributed by atoms with Crippen molar-refractivity contribution in [2.45, 2.75) is 124 Å². The number of allylic oxidation sites excluding steroid dienone is 4. The average molecular weight is 1670 g/mol. The zero-order valence-corrected chi connectivity index (χ0v) is 74.2. The maximum absolute atomic E-state index is 2.75. The van der Waals surface area contributed by atoms with Crippen LogP contribution in [0, 0.1) is 46.3 Å². The predicted molar refractivity (Wildman–Crippen MR) is 532 cm³/mol. The second-order valence-corrected chi connectivity index (χ2v) is 42.5. The molecule has 14 aliphatic carbocycles. The lowest BCUT2D eigenvalue weighted by atomic mass is 9.25. The third-order valence-corrected chi connectivity index (χ3v) is 37.6. The van der Waals surface area contributed by atoms with E-state index >= 15 is 0 Å². The fourth-order valence-corrected chi connectivity index (χ4v) is 32.7. The molecule has 5 spiro atoms. The van der Waals surface area contributed by atoms with Crippen molar-refractivity contribution in [3.8, 4) is 66.8 Å². The third-order valence-electron chi connectivity index (χ3n) is 37.6. The summed E-state index contributed by atoms with van der Waals surface area (Å²) in [4.78, 5) is 5.48. The molecular weight excluding hydrogens is 1570 g/mol. The van der Waals surface area contributed by atoms with Crippen LogP contribution in [0.5, 0.6) is 0 Å². The summed E-state index contributed by atoms with van der Waals surface area (Å²) in [6.45, 7) is 9.79. The van der Waals surface area contributed by atoms with Gasteiger partial charge >= 0.3 is 0 Å². The van der Waals surface area contributed by atoms with Crippen molar-refractivity contribution in [1.82, 2.24) is 0 Å². The monoisotopic (exact) mass is 1660 g/mol. The molecule has 7 fully saturated rings. The number of rotatable bonds is 10. The van der Waals surface area contributed by atoms with E-state index in [0.717, 1.165) is 42.2 Å². The van der Waals surface area contributed by atoms with Gasteiger partial charge in [-0.2, -0.15) is 0 Å². The summed E-state index contributed by atoms with van der Waals surface area (Å²) in [5.41, 5.74) is 50.6. The van der Waals surface area contributed by atoms with Gasteiger partial charge in [-0.1, -0.05) is 349 Å². The maximum Gasteiger partial charge on any atom is 0.0740 e. The molecule has 2 bridgehead atoms. The van der Waals surface area contributed by atoms with E-state index < -0.39 is 10.8 Å². The largest absolute Gasteiger partial charge is 0.310 e. The summed E-state index contributed by atoms with van der Waals surface area (Å²) < 4.78 is 0. The molecule has 30 rings (SSSR count). The molecule has 11 atom stereocenters. The Morgan fingerprint density at radius 2 is 0.654 bits per heavy atom. The number of anilines is 6. The van der Waals surface area contributed by atoms with E-state index in [1.807, 2.05) is 0 Å². The second kappa shape index (κ2) is 25.6. The summed E-state index contributed by atoms with van der Waals surface area (Å²) in [6.07, 6.45) is 16.4. The molecule has 2 heteroatoms. The molecular formula is C128H100N2. The molecule has 16 aromatic carbocycles. The van der Waals surface area contributed by atoms with Gasteiger partial charge in [-0.3, -0.25) is 0 Å². The lowest BCUT2D eigenvalue weighted by Crippen LogP contribution is -2.70. The van der Waals surface area contributed by atoms with Gasteiger partial charge in [0.15, 0.2) is 0 Å². The summed E-state index contributed by atoms with van der Waals surface area (Å²) in [5, 5.41) is 0. The molecule has 0 radical (unpaired) electrons. The number of hydrogen-bond acceptors (Lipinski definition) is 2. The average Bonchev–Trinajstić information content (AvgIpc) is 1.40. The molecule has 11 unspecified atom stereocenters. The van der Waals surface area contributed by atoms with Crippen LogP contribution in [-0.2, 0) is 27.1 Å². The van der Waals surface area contributed by atoms with Crippen molar-refractivity contribution in [3.05, 3.63) is 476 Å². The van der Waals surface area contributed by atoms with Gasteiger partial charge in [0.1, 0.15) is 0 Å². The van der Waals surface area contributed by atoms with Gasteiger partial charge in [0.05, 0.1) is 33.6 Å². The van der Waals surface area contributed by atoms with E-state index in [4.69, 9.17) is 0 Å². The molecule has 16 aromatic rings. The molecule has 0 aliphatic heterocycles. The van der Waals surface area contributed by atoms with Crippen LogP contribution in [0.2, 0.25) is 0 Å². The van der Waals surface area contributed by atoms with Crippen molar-refractivity contribution in [1.29, 1.82) is 0 Å².